The number of nitriles is 1. The summed E-state index contributed by atoms with van der Waals surface area (Å²) in [6.07, 6.45) is -0.309. The molecule has 3 aromatic rings. The number of benzene rings is 2. The van der Waals surface area contributed by atoms with E-state index >= 15 is 0 Å². The molecular weight excluding hydrogens is 394 g/mol. The second kappa shape index (κ2) is 7.92. The highest BCUT2D eigenvalue weighted by Crippen LogP contribution is 2.29. The first-order valence-corrected chi connectivity index (χ1v) is 9.82. The second-order valence-electron chi connectivity index (χ2n) is 7.19. The Morgan fingerprint density at radius 2 is 1.61 bits per heavy atom. The van der Waals surface area contributed by atoms with E-state index in [1.807, 2.05) is 13.0 Å². The smallest absolute Gasteiger partial charge is 0.266 e. The van der Waals surface area contributed by atoms with Crippen LogP contribution in [0.4, 0.5) is 0 Å². The van der Waals surface area contributed by atoms with E-state index in [2.05, 4.69) is 4.98 Å². The Kier molecular flexibility index (Phi) is 5.14. The molecule has 1 N–H and O–H groups in total. The van der Waals surface area contributed by atoms with Crippen LogP contribution in [0.1, 0.15) is 45.3 Å². The third-order valence-corrected chi connectivity index (χ3v) is 5.26. The maximum absolute atomic E-state index is 12.7. The van der Waals surface area contributed by atoms with Crippen LogP contribution in [0.5, 0.6) is 5.75 Å². The van der Waals surface area contributed by atoms with Crippen molar-refractivity contribution in [2.75, 3.05) is 0 Å². The second-order valence-corrected chi connectivity index (χ2v) is 7.19. The van der Waals surface area contributed by atoms with Gasteiger partial charge in [-0.3, -0.25) is 14.4 Å². The van der Waals surface area contributed by atoms with Crippen LogP contribution in [0.2, 0.25) is 0 Å². The Hall–Kier alpha value is -4.18. The van der Waals surface area contributed by atoms with Crippen LogP contribution in [0.25, 0.3) is 11.1 Å². The van der Waals surface area contributed by atoms with Crippen LogP contribution in [-0.2, 0) is 0 Å². The van der Waals surface area contributed by atoms with Gasteiger partial charge in [0.1, 0.15) is 17.4 Å². The van der Waals surface area contributed by atoms with Crippen LogP contribution in [0.3, 0.4) is 0 Å². The predicted octanol–water partition coefficient (Wildman–Crippen LogP) is 3.63. The summed E-state index contributed by atoms with van der Waals surface area (Å²) in [4.78, 5) is 41.1. The first-order valence-electron chi connectivity index (χ1n) is 9.82. The lowest BCUT2D eigenvalue weighted by atomic mass is 10.0. The SMILES string of the molecule is CCC(Oc1ccc(-c2cc(C#N)c(=O)[nH]c2C)cc1)N1C(=O)c2ccccc2C1=O. The molecule has 7 heteroatoms. The van der Waals surface area contributed by atoms with Crippen molar-refractivity contribution in [2.45, 2.75) is 26.5 Å². The standard InChI is InChI=1S/C24H19N3O4/c1-3-21(27-23(29)18-6-4-5-7-19(18)24(27)30)31-17-10-8-15(9-11-17)20-12-16(13-25)22(28)26-14(20)2/h4-12,21H,3H2,1-2H3,(H,26,28). The molecule has 31 heavy (non-hydrogen) atoms. The predicted molar refractivity (Wildman–Crippen MR) is 114 cm³/mol. The molecule has 1 aliphatic heterocycles. The Labute approximate surface area is 178 Å². The quantitative estimate of drug-likeness (QED) is 0.644. The number of aromatic nitrogens is 1. The number of hydrogen-bond acceptors (Lipinski definition) is 5. The van der Waals surface area contributed by atoms with Gasteiger partial charge >= 0.3 is 0 Å². The highest BCUT2D eigenvalue weighted by atomic mass is 16.5. The number of ether oxygens (including phenoxy) is 1. The lowest BCUT2D eigenvalue weighted by Crippen LogP contribution is -2.43. The fraction of sp³-hybridized carbons (Fsp3) is 0.167. The van der Waals surface area contributed by atoms with Crippen LogP contribution >= 0.6 is 0 Å². The van der Waals surface area contributed by atoms with Gasteiger partial charge in [0.25, 0.3) is 17.4 Å². The number of H-pyrrole nitrogens is 1. The molecule has 0 bridgehead atoms. The van der Waals surface area contributed by atoms with Crippen molar-refractivity contribution in [3.8, 4) is 22.9 Å². The maximum atomic E-state index is 12.7. The molecule has 4 rings (SSSR count). The summed E-state index contributed by atoms with van der Waals surface area (Å²) in [6.45, 7) is 3.60. The Morgan fingerprint density at radius 1 is 1.00 bits per heavy atom. The van der Waals surface area contributed by atoms with Gasteiger partial charge in [-0.2, -0.15) is 5.26 Å². The van der Waals surface area contributed by atoms with Gasteiger partial charge in [-0.05, 0) is 42.8 Å². The third kappa shape index (κ3) is 3.49. The highest BCUT2D eigenvalue weighted by molar-refractivity contribution is 6.21. The van der Waals surface area contributed by atoms with Gasteiger partial charge in [0.15, 0.2) is 6.23 Å². The normalized spacial score (nSPS) is 13.6. The molecule has 2 amide bonds. The zero-order valence-corrected chi connectivity index (χ0v) is 17.0. The molecule has 154 valence electrons. The van der Waals surface area contributed by atoms with E-state index in [0.717, 1.165) is 16.0 Å². The summed E-state index contributed by atoms with van der Waals surface area (Å²) < 4.78 is 5.98. The van der Waals surface area contributed by atoms with Gasteiger partial charge < -0.3 is 9.72 Å². The fourth-order valence-corrected chi connectivity index (χ4v) is 3.66. The van der Waals surface area contributed by atoms with Crippen molar-refractivity contribution in [3.05, 3.63) is 87.3 Å². The minimum absolute atomic E-state index is 0.0394. The number of nitrogens with one attached hydrogen (secondary N) is 1. The minimum atomic E-state index is -0.738. The van der Waals surface area contributed by atoms with E-state index in [-0.39, 0.29) is 17.4 Å². The van der Waals surface area contributed by atoms with E-state index in [0.29, 0.717) is 29.0 Å². The van der Waals surface area contributed by atoms with Crippen molar-refractivity contribution in [3.63, 3.8) is 0 Å². The van der Waals surface area contributed by atoms with E-state index in [1.165, 1.54) is 0 Å². The van der Waals surface area contributed by atoms with E-state index < -0.39 is 11.8 Å². The van der Waals surface area contributed by atoms with Gasteiger partial charge in [-0.1, -0.05) is 31.2 Å². The summed E-state index contributed by atoms with van der Waals surface area (Å²) in [7, 11) is 0. The molecule has 1 aliphatic rings. The number of fused-ring (bicyclic) bond motifs is 1. The number of carbonyl (C=O) groups excluding carboxylic acids is 2. The molecule has 0 saturated carbocycles. The monoisotopic (exact) mass is 413 g/mol. The number of imide groups is 1. The van der Waals surface area contributed by atoms with Crippen molar-refractivity contribution < 1.29 is 14.3 Å². The van der Waals surface area contributed by atoms with Crippen LogP contribution in [0.15, 0.2) is 59.4 Å². The molecular formula is C24H19N3O4. The lowest BCUT2D eigenvalue weighted by molar-refractivity contribution is 0.0226. The Balaban J connectivity index is 1.58. The molecule has 7 nitrogen and oxygen atoms in total. The lowest BCUT2D eigenvalue weighted by Gasteiger charge is -2.26. The summed E-state index contributed by atoms with van der Waals surface area (Å²) in [5, 5.41) is 9.11. The van der Waals surface area contributed by atoms with Crippen LogP contribution < -0.4 is 10.3 Å². The summed E-state index contributed by atoms with van der Waals surface area (Å²) in [5.74, 6) is -0.233. The van der Waals surface area contributed by atoms with Gasteiger partial charge in [-0.25, -0.2) is 4.90 Å². The van der Waals surface area contributed by atoms with Crippen molar-refractivity contribution in [2.24, 2.45) is 0 Å². The number of aromatic amines is 1. The molecule has 0 fully saturated rings. The molecule has 2 heterocycles. The molecule has 1 unspecified atom stereocenters. The number of carbonyl (C=O) groups is 2. The number of nitrogens with zero attached hydrogens (tertiary/aromatic N) is 2. The molecule has 2 aromatic carbocycles. The number of pyridine rings is 1. The molecule has 0 radical (unpaired) electrons. The average molecular weight is 413 g/mol. The van der Waals surface area contributed by atoms with Crippen molar-refractivity contribution >= 4 is 11.8 Å². The fourth-order valence-electron chi connectivity index (χ4n) is 3.66. The van der Waals surface area contributed by atoms with Gasteiger partial charge in [0, 0.05) is 17.7 Å². The summed E-state index contributed by atoms with van der Waals surface area (Å²) in [5.41, 5.74) is 2.56. The van der Waals surface area contributed by atoms with Crippen molar-refractivity contribution in [1.82, 2.24) is 9.88 Å². The zero-order chi connectivity index (χ0) is 22.1. The number of hydrogen-bond donors (Lipinski definition) is 1. The average Bonchev–Trinajstić information content (AvgIpc) is 3.03. The van der Waals surface area contributed by atoms with Crippen LogP contribution in [0, 0.1) is 18.3 Å². The molecule has 0 spiro atoms. The van der Waals surface area contributed by atoms with E-state index in [9.17, 15) is 14.4 Å². The molecule has 0 saturated heterocycles. The third-order valence-electron chi connectivity index (χ3n) is 5.26. The summed E-state index contributed by atoms with van der Waals surface area (Å²) >= 11 is 0. The molecule has 1 atom stereocenters. The zero-order valence-electron chi connectivity index (χ0n) is 17.0. The first-order chi connectivity index (χ1) is 14.9. The number of rotatable bonds is 5. The largest absolute Gasteiger partial charge is 0.470 e. The minimum Gasteiger partial charge on any atom is -0.470 e. The maximum Gasteiger partial charge on any atom is 0.266 e. The Bertz CT molecular complexity index is 1250. The van der Waals surface area contributed by atoms with Gasteiger partial charge in [-0.15, -0.1) is 0 Å². The topological polar surface area (TPSA) is 103 Å². The van der Waals surface area contributed by atoms with Gasteiger partial charge in [0.2, 0.25) is 0 Å². The number of amides is 2. The van der Waals surface area contributed by atoms with Gasteiger partial charge in [0.05, 0.1) is 11.1 Å². The summed E-state index contributed by atoms with van der Waals surface area (Å²) in [6, 6.07) is 17.2. The van der Waals surface area contributed by atoms with Crippen LogP contribution in [-0.4, -0.2) is 27.9 Å². The molecule has 0 aliphatic carbocycles. The van der Waals surface area contributed by atoms with E-state index in [4.69, 9.17) is 10.00 Å². The Morgan fingerprint density at radius 3 is 2.16 bits per heavy atom. The van der Waals surface area contributed by atoms with Crippen molar-refractivity contribution in [1.29, 1.82) is 5.26 Å². The van der Waals surface area contributed by atoms with E-state index in [1.54, 1.807) is 61.5 Å². The molecule has 1 aromatic heterocycles. The highest BCUT2D eigenvalue weighted by Gasteiger charge is 2.40. The number of aryl methyl sites for hydroxylation is 1. The first kappa shape index (κ1) is 20.1.